The van der Waals surface area contributed by atoms with Crippen LogP contribution in [0.1, 0.15) is 17.6 Å². The summed E-state index contributed by atoms with van der Waals surface area (Å²) in [4.78, 5) is -1.46. The predicted octanol–water partition coefficient (Wildman–Crippen LogP) is 3.30. The molecule has 0 atom stereocenters. The fourth-order valence-corrected chi connectivity index (χ4v) is 1.78. The largest absolute Gasteiger partial charge is 0.416 e. The minimum atomic E-state index is -5.49. The lowest BCUT2D eigenvalue weighted by Gasteiger charge is -2.10. The van der Waals surface area contributed by atoms with Crippen LogP contribution in [0.15, 0.2) is 23.1 Å². The molecule has 1 rings (SSSR count). The van der Waals surface area contributed by atoms with Gasteiger partial charge in [-0.2, -0.15) is 21.6 Å². The molecule has 0 fully saturated rings. The van der Waals surface area contributed by atoms with Crippen molar-refractivity contribution < 1.29 is 34.3 Å². The van der Waals surface area contributed by atoms with E-state index in [9.17, 15) is 34.3 Å². The van der Waals surface area contributed by atoms with Crippen molar-refractivity contribution in [2.45, 2.75) is 17.5 Å². The number of hydrogen-bond acceptors (Lipinski definition) is 2. The molecular weight excluding hydrogens is 274 g/mol. The number of hydrogen-bond donors (Lipinski definition) is 0. The molecule has 0 amide bonds. The summed E-state index contributed by atoms with van der Waals surface area (Å²) in [6.45, 7) is 0. The molecule has 1 aromatic rings. The van der Waals surface area contributed by atoms with Crippen LogP contribution in [0.5, 0.6) is 0 Å². The van der Waals surface area contributed by atoms with Gasteiger partial charge < -0.3 is 0 Å². The molecule has 0 aliphatic heterocycles. The van der Waals surface area contributed by atoms with E-state index in [1.807, 2.05) is 0 Å². The van der Waals surface area contributed by atoms with Crippen molar-refractivity contribution in [3.05, 3.63) is 29.3 Å². The van der Waals surface area contributed by atoms with Gasteiger partial charge in [-0.25, -0.2) is 8.78 Å². The maximum Gasteiger partial charge on any atom is 0.416 e. The van der Waals surface area contributed by atoms with Gasteiger partial charge in [0.15, 0.2) is 0 Å². The molecule has 0 aliphatic rings. The Morgan fingerprint density at radius 1 is 1.12 bits per heavy atom. The van der Waals surface area contributed by atoms with Gasteiger partial charge in [0.2, 0.25) is 0 Å². The van der Waals surface area contributed by atoms with Crippen LogP contribution in [0.4, 0.5) is 25.8 Å². The van der Waals surface area contributed by atoms with Crippen molar-refractivity contribution in [3.63, 3.8) is 0 Å². The summed E-state index contributed by atoms with van der Waals surface area (Å²) < 4.78 is 94.6. The second-order valence-corrected chi connectivity index (χ2v) is 4.30. The minimum absolute atomic E-state index is 0.0862. The SMILES string of the molecule is O=S(=O)(F)c1ccc(C(F)(F)F)cc1C(F)F. The van der Waals surface area contributed by atoms with Crippen LogP contribution < -0.4 is 0 Å². The standard InChI is InChI=1S/C8H4F6O2S/c9-7(10)5-3-4(8(11,12)13)1-2-6(5)17(14,15)16/h1-3,7H. The third-order valence-corrected chi connectivity index (χ3v) is 2.73. The highest BCUT2D eigenvalue weighted by Crippen LogP contribution is 2.35. The van der Waals surface area contributed by atoms with Crippen molar-refractivity contribution in [2.75, 3.05) is 0 Å². The zero-order valence-electron chi connectivity index (χ0n) is 7.80. The van der Waals surface area contributed by atoms with Gasteiger partial charge in [-0.15, -0.1) is 3.89 Å². The number of benzene rings is 1. The number of halogens is 6. The maximum atomic E-state index is 12.5. The van der Waals surface area contributed by atoms with Gasteiger partial charge >= 0.3 is 16.4 Å². The molecule has 2 nitrogen and oxygen atoms in total. The van der Waals surface area contributed by atoms with Crippen molar-refractivity contribution >= 4 is 10.2 Å². The smallest absolute Gasteiger partial charge is 0.205 e. The van der Waals surface area contributed by atoms with Crippen molar-refractivity contribution in [1.29, 1.82) is 0 Å². The average molecular weight is 278 g/mol. The first-order valence-corrected chi connectivity index (χ1v) is 5.36. The molecule has 96 valence electrons. The lowest BCUT2D eigenvalue weighted by molar-refractivity contribution is -0.137. The highest BCUT2D eigenvalue weighted by Gasteiger charge is 2.33. The predicted molar refractivity (Wildman–Crippen MR) is 44.7 cm³/mol. The van der Waals surface area contributed by atoms with Gasteiger partial charge in [0, 0.05) is 5.56 Å². The van der Waals surface area contributed by atoms with E-state index in [0.717, 1.165) is 0 Å². The second-order valence-electron chi connectivity index (χ2n) is 2.99. The minimum Gasteiger partial charge on any atom is -0.205 e. The van der Waals surface area contributed by atoms with Crippen molar-refractivity contribution in [3.8, 4) is 0 Å². The van der Waals surface area contributed by atoms with E-state index >= 15 is 0 Å². The van der Waals surface area contributed by atoms with Crippen LogP contribution in [0.25, 0.3) is 0 Å². The summed E-state index contributed by atoms with van der Waals surface area (Å²) in [5.41, 5.74) is -2.98. The van der Waals surface area contributed by atoms with Crippen LogP contribution in [-0.2, 0) is 16.4 Å². The molecule has 1 aromatic carbocycles. The van der Waals surface area contributed by atoms with E-state index in [1.54, 1.807) is 0 Å². The van der Waals surface area contributed by atoms with Gasteiger partial charge in [0.05, 0.1) is 5.56 Å². The summed E-state index contributed by atoms with van der Waals surface area (Å²) in [5, 5.41) is 0. The summed E-state index contributed by atoms with van der Waals surface area (Å²) in [5.74, 6) is 0. The fraction of sp³-hybridized carbons (Fsp3) is 0.250. The summed E-state index contributed by atoms with van der Waals surface area (Å²) in [7, 11) is -5.49. The average Bonchev–Trinajstić information content (AvgIpc) is 2.14. The molecule has 0 saturated carbocycles. The lowest BCUT2D eigenvalue weighted by atomic mass is 10.1. The van der Waals surface area contributed by atoms with Gasteiger partial charge in [0.25, 0.3) is 6.43 Å². The molecule has 17 heavy (non-hydrogen) atoms. The highest BCUT2D eigenvalue weighted by atomic mass is 32.3. The Bertz CT molecular complexity index is 519. The summed E-state index contributed by atoms with van der Waals surface area (Å²) in [6, 6.07) is 0.301. The Labute approximate surface area is 92.1 Å². The van der Waals surface area contributed by atoms with Crippen LogP contribution >= 0.6 is 0 Å². The Hall–Kier alpha value is -1.25. The van der Waals surface area contributed by atoms with E-state index < -0.39 is 38.8 Å². The van der Waals surface area contributed by atoms with E-state index in [1.165, 1.54) is 0 Å². The van der Waals surface area contributed by atoms with Crippen LogP contribution in [0, 0.1) is 0 Å². The normalized spacial score (nSPS) is 13.1. The molecule has 0 radical (unpaired) electrons. The van der Waals surface area contributed by atoms with E-state index in [2.05, 4.69) is 0 Å². The Kier molecular flexibility index (Phi) is 3.42. The topological polar surface area (TPSA) is 34.1 Å². The first-order chi connectivity index (χ1) is 7.53. The summed E-state index contributed by atoms with van der Waals surface area (Å²) in [6.07, 6.45) is -8.44. The molecular formula is C8H4F6O2S. The number of rotatable bonds is 2. The first kappa shape index (κ1) is 13.8. The van der Waals surface area contributed by atoms with Crippen LogP contribution in [-0.4, -0.2) is 8.42 Å². The molecule has 0 aliphatic carbocycles. The Morgan fingerprint density at radius 3 is 2.00 bits per heavy atom. The van der Waals surface area contributed by atoms with E-state index in [4.69, 9.17) is 0 Å². The first-order valence-electron chi connectivity index (χ1n) is 3.97. The molecule has 0 unspecified atom stereocenters. The third kappa shape index (κ3) is 3.11. The molecule has 0 saturated heterocycles. The van der Waals surface area contributed by atoms with Crippen LogP contribution in [0.2, 0.25) is 0 Å². The molecule has 0 spiro atoms. The van der Waals surface area contributed by atoms with Gasteiger partial charge in [-0.05, 0) is 18.2 Å². The van der Waals surface area contributed by atoms with E-state index in [-0.39, 0.29) is 18.2 Å². The van der Waals surface area contributed by atoms with Crippen LogP contribution in [0.3, 0.4) is 0 Å². The Morgan fingerprint density at radius 2 is 1.65 bits per heavy atom. The zero-order valence-corrected chi connectivity index (χ0v) is 8.62. The second kappa shape index (κ2) is 4.21. The van der Waals surface area contributed by atoms with Gasteiger partial charge in [-0.1, -0.05) is 0 Å². The Balaban J connectivity index is 3.49. The zero-order chi connectivity index (χ0) is 13.4. The van der Waals surface area contributed by atoms with Crippen molar-refractivity contribution in [2.24, 2.45) is 0 Å². The molecule has 0 N–H and O–H groups in total. The highest BCUT2D eigenvalue weighted by molar-refractivity contribution is 7.86. The summed E-state index contributed by atoms with van der Waals surface area (Å²) >= 11 is 0. The molecule has 0 aromatic heterocycles. The van der Waals surface area contributed by atoms with Gasteiger partial charge in [-0.3, -0.25) is 0 Å². The molecule has 0 bridgehead atoms. The number of alkyl halides is 5. The lowest BCUT2D eigenvalue weighted by Crippen LogP contribution is -2.08. The fourth-order valence-electron chi connectivity index (χ4n) is 1.12. The van der Waals surface area contributed by atoms with Gasteiger partial charge in [0.1, 0.15) is 4.90 Å². The van der Waals surface area contributed by atoms with E-state index in [0.29, 0.717) is 0 Å². The maximum absolute atomic E-state index is 12.5. The molecule has 0 heterocycles. The quantitative estimate of drug-likeness (QED) is 0.614. The molecule has 9 heteroatoms. The third-order valence-electron chi connectivity index (χ3n) is 1.83. The monoisotopic (exact) mass is 278 g/mol. The van der Waals surface area contributed by atoms with Crippen molar-refractivity contribution in [1.82, 2.24) is 0 Å².